The third kappa shape index (κ3) is 3.62. The van der Waals surface area contributed by atoms with Gasteiger partial charge in [-0.2, -0.15) is 0 Å². The molecule has 1 aliphatic heterocycles. The second-order valence-corrected chi connectivity index (χ2v) is 5.92. The molecule has 3 rings (SSSR count). The number of likely N-dealkylation sites (N-methyl/N-ethyl adjacent to an activating group) is 1. The highest BCUT2D eigenvalue weighted by Crippen LogP contribution is 2.34. The van der Waals surface area contributed by atoms with Crippen LogP contribution in [0.4, 0.5) is 15.9 Å². The maximum Gasteiger partial charge on any atom is 0.167 e. The summed E-state index contributed by atoms with van der Waals surface area (Å²) in [5.74, 6) is 0.788. The smallest absolute Gasteiger partial charge is 0.167 e. The van der Waals surface area contributed by atoms with Gasteiger partial charge in [0.1, 0.15) is 5.75 Å². The number of benzene rings is 1. The van der Waals surface area contributed by atoms with E-state index in [4.69, 9.17) is 10.5 Å². The van der Waals surface area contributed by atoms with Crippen molar-refractivity contribution in [1.29, 1.82) is 0 Å². The average molecular weight is 329 g/mol. The molecular formula is C17H20FN5O. The molecule has 0 bridgehead atoms. The van der Waals surface area contributed by atoms with Gasteiger partial charge in [-0.15, -0.1) is 0 Å². The molecule has 0 radical (unpaired) electrons. The molecule has 1 aliphatic rings. The van der Waals surface area contributed by atoms with Crippen molar-refractivity contribution in [3.8, 4) is 11.5 Å². The lowest BCUT2D eigenvalue weighted by molar-refractivity contribution is 0.325. The first kappa shape index (κ1) is 16.2. The van der Waals surface area contributed by atoms with Crippen LogP contribution in [0.1, 0.15) is 5.56 Å². The second kappa shape index (κ2) is 6.84. The Morgan fingerprint density at radius 3 is 2.88 bits per heavy atom. The van der Waals surface area contributed by atoms with Crippen LogP contribution in [0.2, 0.25) is 0 Å². The van der Waals surface area contributed by atoms with Crippen LogP contribution in [0.3, 0.4) is 0 Å². The van der Waals surface area contributed by atoms with E-state index >= 15 is 0 Å². The zero-order valence-electron chi connectivity index (χ0n) is 13.7. The first-order valence-electron chi connectivity index (χ1n) is 7.66. The van der Waals surface area contributed by atoms with Gasteiger partial charge in [-0.25, -0.2) is 14.4 Å². The Balaban J connectivity index is 1.83. The Labute approximate surface area is 140 Å². The van der Waals surface area contributed by atoms with Gasteiger partial charge in [-0.05, 0) is 32.3 Å². The third-order valence-corrected chi connectivity index (χ3v) is 3.70. The van der Waals surface area contributed by atoms with Crippen molar-refractivity contribution < 1.29 is 9.13 Å². The zero-order valence-corrected chi connectivity index (χ0v) is 13.7. The quantitative estimate of drug-likeness (QED) is 0.854. The minimum atomic E-state index is -0.496. The average Bonchev–Trinajstić information content (AvgIpc) is 2.55. The fourth-order valence-electron chi connectivity index (χ4n) is 2.38. The highest BCUT2D eigenvalue weighted by Gasteiger charge is 2.19. The fourth-order valence-corrected chi connectivity index (χ4v) is 2.38. The maximum absolute atomic E-state index is 14.0. The van der Waals surface area contributed by atoms with Crippen LogP contribution >= 0.6 is 0 Å². The normalized spacial score (nSPS) is 13.2. The number of fused-ring (bicyclic) bond motifs is 1. The highest BCUT2D eigenvalue weighted by atomic mass is 19.1. The predicted molar refractivity (Wildman–Crippen MR) is 92.2 cm³/mol. The van der Waals surface area contributed by atoms with Crippen LogP contribution in [-0.4, -0.2) is 48.3 Å². The van der Waals surface area contributed by atoms with Crippen molar-refractivity contribution in [2.75, 3.05) is 32.9 Å². The largest absolute Gasteiger partial charge is 0.454 e. The Morgan fingerprint density at radius 2 is 2.12 bits per heavy atom. The number of rotatable bonds is 5. The molecule has 6 nitrogen and oxygen atoms in total. The van der Waals surface area contributed by atoms with Crippen LogP contribution < -0.4 is 10.5 Å². The molecule has 2 N–H and O–H groups in total. The van der Waals surface area contributed by atoms with Gasteiger partial charge in [0, 0.05) is 31.0 Å². The van der Waals surface area contributed by atoms with Crippen LogP contribution in [0.25, 0.3) is 0 Å². The number of ether oxygens (including phenoxy) is 1. The summed E-state index contributed by atoms with van der Waals surface area (Å²) in [6, 6.07) is 6.09. The number of anilines is 1. The topological polar surface area (TPSA) is 67.0 Å². The summed E-state index contributed by atoms with van der Waals surface area (Å²) in [6.07, 6.45) is 3.39. The van der Waals surface area contributed by atoms with E-state index in [1.165, 1.54) is 12.1 Å². The van der Waals surface area contributed by atoms with Gasteiger partial charge in [0.25, 0.3) is 0 Å². The Kier molecular flexibility index (Phi) is 4.61. The van der Waals surface area contributed by atoms with E-state index in [9.17, 15) is 4.39 Å². The van der Waals surface area contributed by atoms with Crippen molar-refractivity contribution in [3.63, 3.8) is 0 Å². The van der Waals surface area contributed by atoms with Gasteiger partial charge in [0.15, 0.2) is 17.4 Å². The number of aliphatic imine (C=N–C) groups is 1. The molecule has 0 saturated carbocycles. The summed E-state index contributed by atoms with van der Waals surface area (Å²) >= 11 is 0. The molecule has 0 unspecified atom stereocenters. The minimum absolute atomic E-state index is 0.131. The van der Waals surface area contributed by atoms with Gasteiger partial charge >= 0.3 is 0 Å². The maximum atomic E-state index is 14.0. The van der Waals surface area contributed by atoms with E-state index in [1.807, 2.05) is 14.1 Å². The molecule has 24 heavy (non-hydrogen) atoms. The number of pyridine rings is 1. The second-order valence-electron chi connectivity index (χ2n) is 5.92. The molecule has 0 spiro atoms. The van der Waals surface area contributed by atoms with Crippen LogP contribution in [0.15, 0.2) is 35.5 Å². The summed E-state index contributed by atoms with van der Waals surface area (Å²) in [5.41, 5.74) is 6.77. The summed E-state index contributed by atoms with van der Waals surface area (Å²) in [5, 5.41) is 0. The van der Waals surface area contributed by atoms with Gasteiger partial charge in [0.05, 0.1) is 18.4 Å². The molecule has 0 saturated heterocycles. The van der Waals surface area contributed by atoms with Crippen LogP contribution in [-0.2, 0) is 6.54 Å². The molecule has 0 atom stereocenters. The summed E-state index contributed by atoms with van der Waals surface area (Å²) in [6.45, 7) is 2.36. The van der Waals surface area contributed by atoms with Crippen LogP contribution in [0, 0.1) is 5.82 Å². The fraction of sp³-hybridized carbons (Fsp3) is 0.294. The summed E-state index contributed by atoms with van der Waals surface area (Å²) in [4.78, 5) is 12.8. The van der Waals surface area contributed by atoms with Crippen molar-refractivity contribution >= 4 is 17.8 Å². The van der Waals surface area contributed by atoms with Gasteiger partial charge in [-0.1, -0.05) is 0 Å². The lowest BCUT2D eigenvalue weighted by Crippen LogP contribution is -2.31. The van der Waals surface area contributed by atoms with E-state index in [0.717, 1.165) is 18.7 Å². The number of nitrogens with zero attached hydrogens (tertiary/aromatic N) is 4. The molecule has 1 aromatic heterocycles. The first-order chi connectivity index (χ1) is 11.5. The molecule has 7 heteroatoms. The number of hydrogen-bond donors (Lipinski definition) is 1. The Morgan fingerprint density at radius 1 is 1.29 bits per heavy atom. The SMILES string of the molecule is CN(C)CCN1C=Nc2nccc(Oc3ccc(N)cc3F)c2C1. The molecule has 2 heterocycles. The highest BCUT2D eigenvalue weighted by molar-refractivity contribution is 5.66. The van der Waals surface area contributed by atoms with Crippen molar-refractivity contribution in [1.82, 2.24) is 14.8 Å². The number of halogens is 1. The number of aromatic nitrogens is 1. The monoisotopic (exact) mass is 329 g/mol. The molecular weight excluding hydrogens is 309 g/mol. The molecule has 0 fully saturated rings. The van der Waals surface area contributed by atoms with Crippen LogP contribution in [0.5, 0.6) is 11.5 Å². The third-order valence-electron chi connectivity index (χ3n) is 3.70. The summed E-state index contributed by atoms with van der Waals surface area (Å²) < 4.78 is 19.7. The number of nitrogen functional groups attached to an aromatic ring is 1. The van der Waals surface area contributed by atoms with E-state index in [0.29, 0.717) is 23.8 Å². The lowest BCUT2D eigenvalue weighted by atomic mass is 10.2. The zero-order chi connectivity index (χ0) is 17.1. The standard InChI is InChI=1S/C17H20FN5O/c1-22(2)7-8-23-10-13-15(5-6-20-17(13)21-11-23)24-16-4-3-12(19)9-14(16)18/h3-6,9,11H,7-8,10,19H2,1-2H3. The van der Waals surface area contributed by atoms with Gasteiger partial charge in [-0.3, -0.25) is 0 Å². The molecule has 126 valence electrons. The number of hydrogen-bond acceptors (Lipinski definition) is 6. The molecule has 2 aromatic rings. The lowest BCUT2D eigenvalue weighted by Gasteiger charge is -2.26. The molecule has 0 amide bonds. The Hall–Kier alpha value is -2.67. The predicted octanol–water partition coefficient (Wildman–Crippen LogP) is 2.63. The number of nitrogens with two attached hydrogens (primary N) is 1. The first-order valence-corrected chi connectivity index (χ1v) is 7.66. The van der Waals surface area contributed by atoms with Gasteiger partial charge in [0.2, 0.25) is 0 Å². The van der Waals surface area contributed by atoms with Crippen molar-refractivity contribution in [3.05, 3.63) is 41.8 Å². The Bertz CT molecular complexity index is 763. The van der Waals surface area contributed by atoms with Crippen molar-refractivity contribution in [2.24, 2.45) is 4.99 Å². The van der Waals surface area contributed by atoms with E-state index in [2.05, 4.69) is 19.8 Å². The van der Waals surface area contributed by atoms with Gasteiger partial charge < -0.3 is 20.3 Å². The van der Waals surface area contributed by atoms with E-state index in [1.54, 1.807) is 24.7 Å². The van der Waals surface area contributed by atoms with E-state index < -0.39 is 5.82 Å². The van der Waals surface area contributed by atoms with Crippen molar-refractivity contribution in [2.45, 2.75) is 6.54 Å². The summed E-state index contributed by atoms with van der Waals surface area (Å²) in [7, 11) is 4.05. The minimum Gasteiger partial charge on any atom is -0.454 e. The molecule has 1 aromatic carbocycles. The molecule has 0 aliphatic carbocycles. The van der Waals surface area contributed by atoms with E-state index in [-0.39, 0.29) is 5.75 Å².